The number of alkyl carbamates (subject to hydrolysis) is 1. The maximum atomic E-state index is 12.3. The smallest absolute Gasteiger partial charge is 0.408 e. The maximum absolute atomic E-state index is 12.3. The minimum atomic E-state index is -1.69. The molecule has 0 radical (unpaired) electrons. The van der Waals surface area contributed by atoms with Crippen LogP contribution in [0.15, 0.2) is 5.16 Å². The molecule has 11 heteroatoms. The van der Waals surface area contributed by atoms with E-state index in [0.717, 1.165) is 18.7 Å². The number of carboxylic acids is 2. The lowest BCUT2D eigenvalue weighted by Crippen LogP contribution is -2.57. The van der Waals surface area contributed by atoms with Gasteiger partial charge in [0, 0.05) is 17.1 Å². The largest absolute Gasteiger partial charge is 0.481 e. The molecule has 3 aliphatic carbocycles. The number of carbonyl (C=O) groups is 3. The Morgan fingerprint density at radius 3 is 2.48 bits per heavy atom. The summed E-state index contributed by atoms with van der Waals surface area (Å²) in [7, 11) is 0. The highest BCUT2D eigenvalue weighted by Gasteiger charge is 2.76. The van der Waals surface area contributed by atoms with Gasteiger partial charge in [-0.2, -0.15) is 0 Å². The number of nitrogens with zero attached hydrogens (tertiary/aromatic N) is 2. The topological polar surface area (TPSA) is 154 Å². The lowest BCUT2D eigenvalue weighted by Gasteiger charge is -2.31. The molecule has 0 aliphatic heterocycles. The molecule has 4 rings (SSSR count). The van der Waals surface area contributed by atoms with Gasteiger partial charge in [-0.3, -0.25) is 4.79 Å². The summed E-state index contributed by atoms with van der Waals surface area (Å²) in [6.07, 6.45) is 1.36. The number of hydrogen-bond acceptors (Lipinski definition) is 7. The minimum absolute atomic E-state index is 0.0881. The van der Waals surface area contributed by atoms with Gasteiger partial charge in [-0.05, 0) is 46.0 Å². The van der Waals surface area contributed by atoms with Crippen molar-refractivity contribution in [3.8, 4) is 0 Å². The predicted molar refractivity (Wildman–Crippen MR) is 100 cm³/mol. The van der Waals surface area contributed by atoms with Crippen molar-refractivity contribution in [1.29, 1.82) is 0 Å². The minimum Gasteiger partial charge on any atom is -0.481 e. The van der Waals surface area contributed by atoms with Gasteiger partial charge in [0.05, 0.1) is 5.92 Å². The van der Waals surface area contributed by atoms with Crippen molar-refractivity contribution in [3.05, 3.63) is 5.82 Å². The van der Waals surface area contributed by atoms with Gasteiger partial charge in [-0.25, -0.2) is 9.59 Å². The zero-order valence-electron chi connectivity index (χ0n) is 16.3. The Labute approximate surface area is 171 Å². The van der Waals surface area contributed by atoms with Gasteiger partial charge in [0.25, 0.3) is 0 Å². The number of nitrogens with one attached hydrogen (secondary N) is 2. The molecule has 10 nitrogen and oxygen atoms in total. The average molecular weight is 424 g/mol. The molecule has 29 heavy (non-hydrogen) atoms. The fourth-order valence-electron chi connectivity index (χ4n) is 4.36. The summed E-state index contributed by atoms with van der Waals surface area (Å²) in [5.74, 6) is -3.01. The van der Waals surface area contributed by atoms with E-state index >= 15 is 0 Å². The molecule has 1 heterocycles. The van der Waals surface area contributed by atoms with Crippen LogP contribution in [0.25, 0.3) is 0 Å². The van der Waals surface area contributed by atoms with Crippen molar-refractivity contribution < 1.29 is 29.3 Å². The average Bonchev–Trinajstić information content (AvgIpc) is 3.48. The summed E-state index contributed by atoms with van der Waals surface area (Å²) in [6.45, 7) is 5.03. The van der Waals surface area contributed by atoms with Crippen LogP contribution in [0.5, 0.6) is 0 Å². The van der Waals surface area contributed by atoms with Crippen LogP contribution >= 0.6 is 11.8 Å². The zero-order chi connectivity index (χ0) is 21.1. The number of fused-ring (bicyclic) bond motifs is 1. The van der Waals surface area contributed by atoms with Crippen molar-refractivity contribution in [1.82, 2.24) is 20.5 Å². The molecule has 0 unspecified atom stereocenters. The summed E-state index contributed by atoms with van der Waals surface area (Å²) in [4.78, 5) is 39.4. The fourth-order valence-corrected chi connectivity index (χ4v) is 5.74. The number of thioether (sulfide) groups is 1. The Balaban J connectivity index is 1.56. The Kier molecular flexibility index (Phi) is 4.56. The maximum Gasteiger partial charge on any atom is 0.408 e. The summed E-state index contributed by atoms with van der Waals surface area (Å²) in [5.41, 5.74) is -2.49. The van der Waals surface area contributed by atoms with E-state index in [0.29, 0.717) is 11.1 Å². The second-order valence-electron chi connectivity index (χ2n) is 9.02. The van der Waals surface area contributed by atoms with Crippen LogP contribution in [0.3, 0.4) is 0 Å². The Bertz CT molecular complexity index is 863. The fraction of sp³-hybridized carbons (Fsp3) is 0.722. The van der Waals surface area contributed by atoms with Gasteiger partial charge in [-0.1, -0.05) is 11.8 Å². The number of carboxylic acid groups (broad SMARTS) is 2. The van der Waals surface area contributed by atoms with E-state index in [9.17, 15) is 24.6 Å². The molecule has 3 fully saturated rings. The number of aromatic amines is 1. The third-order valence-electron chi connectivity index (χ3n) is 5.70. The molecule has 0 spiro atoms. The number of carbonyl (C=O) groups excluding carboxylic acids is 1. The van der Waals surface area contributed by atoms with E-state index < -0.39 is 41.0 Å². The first-order valence-corrected chi connectivity index (χ1v) is 10.5. The SMILES string of the molecule is CC(C)(C)OC(=O)N[C@@]1(C(=O)O)C[C@@H](Sc2nnc(C3CC3)[nH]2)[C@H]2[C@H](C(=O)O)[C@H]21. The molecule has 1 aromatic heterocycles. The lowest BCUT2D eigenvalue weighted by atomic mass is 9.90. The molecule has 1 amide bonds. The van der Waals surface area contributed by atoms with Crippen molar-refractivity contribution in [2.24, 2.45) is 17.8 Å². The van der Waals surface area contributed by atoms with Gasteiger partial charge in [-0.15, -0.1) is 10.2 Å². The number of rotatable bonds is 6. The predicted octanol–water partition coefficient (Wildman–Crippen LogP) is 1.84. The van der Waals surface area contributed by atoms with Crippen LogP contribution < -0.4 is 5.32 Å². The molecule has 0 bridgehead atoms. The quantitative estimate of drug-likeness (QED) is 0.535. The number of aromatic nitrogens is 3. The van der Waals surface area contributed by atoms with Crippen LogP contribution in [0.2, 0.25) is 0 Å². The van der Waals surface area contributed by atoms with E-state index in [2.05, 4.69) is 20.5 Å². The van der Waals surface area contributed by atoms with E-state index in [-0.39, 0.29) is 17.6 Å². The van der Waals surface area contributed by atoms with Gasteiger partial charge < -0.3 is 25.3 Å². The molecule has 1 aromatic rings. The highest BCUT2D eigenvalue weighted by molar-refractivity contribution is 7.99. The zero-order valence-corrected chi connectivity index (χ0v) is 17.2. The second-order valence-corrected chi connectivity index (χ2v) is 10.2. The van der Waals surface area contributed by atoms with Crippen LogP contribution in [0, 0.1) is 17.8 Å². The summed E-state index contributed by atoms with van der Waals surface area (Å²) in [5, 5.41) is 30.5. The van der Waals surface area contributed by atoms with Crippen molar-refractivity contribution in [3.63, 3.8) is 0 Å². The van der Waals surface area contributed by atoms with Crippen LogP contribution in [-0.2, 0) is 14.3 Å². The van der Waals surface area contributed by atoms with E-state index in [1.54, 1.807) is 20.8 Å². The number of hydrogen-bond donors (Lipinski definition) is 4. The normalized spacial score (nSPS) is 33.1. The van der Waals surface area contributed by atoms with Crippen molar-refractivity contribution in [2.75, 3.05) is 0 Å². The molecule has 158 valence electrons. The summed E-state index contributed by atoms with van der Waals surface area (Å²) >= 11 is 1.30. The Morgan fingerprint density at radius 1 is 1.24 bits per heavy atom. The standard InChI is InChI=1S/C18H24N4O6S/c1-17(2,3)28-16(27)20-18(14(25)26)6-8(9-10(11(9)18)13(23)24)29-15-19-12(21-22-15)7-4-5-7/h7-11H,4-6H2,1-3H3,(H,20,27)(H,23,24)(H,25,26)(H,19,21,22)/t8-,9+,10+,11+,18+/m1/s1. The van der Waals surface area contributed by atoms with Crippen molar-refractivity contribution >= 4 is 29.8 Å². The van der Waals surface area contributed by atoms with Gasteiger partial charge in [0.1, 0.15) is 17.0 Å². The number of amides is 1. The number of ether oxygens (including phenoxy) is 1. The molecule has 3 saturated carbocycles. The van der Waals surface area contributed by atoms with Gasteiger partial charge in [0.15, 0.2) is 5.16 Å². The van der Waals surface area contributed by atoms with E-state index in [4.69, 9.17) is 4.74 Å². The Hall–Kier alpha value is -2.30. The highest BCUT2D eigenvalue weighted by atomic mass is 32.2. The van der Waals surface area contributed by atoms with Gasteiger partial charge in [0.2, 0.25) is 0 Å². The first-order chi connectivity index (χ1) is 13.5. The number of H-pyrrole nitrogens is 1. The number of aliphatic carboxylic acids is 2. The molecule has 3 aliphatic rings. The second kappa shape index (κ2) is 6.61. The van der Waals surface area contributed by atoms with Crippen molar-refractivity contribution in [2.45, 2.75) is 67.5 Å². The molecular formula is C18H24N4O6S. The summed E-state index contributed by atoms with van der Waals surface area (Å²) in [6, 6.07) is 0. The summed E-state index contributed by atoms with van der Waals surface area (Å²) < 4.78 is 5.23. The lowest BCUT2D eigenvalue weighted by molar-refractivity contribution is -0.147. The van der Waals surface area contributed by atoms with E-state index in [1.165, 1.54) is 11.8 Å². The van der Waals surface area contributed by atoms with Gasteiger partial charge >= 0.3 is 18.0 Å². The first kappa shape index (κ1) is 20.0. The third kappa shape index (κ3) is 3.67. The molecular weight excluding hydrogens is 400 g/mol. The van der Waals surface area contributed by atoms with Crippen LogP contribution in [0.1, 0.15) is 51.8 Å². The molecule has 0 saturated heterocycles. The Morgan fingerprint density at radius 2 is 1.93 bits per heavy atom. The molecule has 4 N–H and O–H groups in total. The monoisotopic (exact) mass is 424 g/mol. The third-order valence-corrected chi connectivity index (χ3v) is 6.89. The first-order valence-electron chi connectivity index (χ1n) is 9.58. The van der Waals surface area contributed by atoms with Crippen LogP contribution in [-0.4, -0.2) is 59.8 Å². The molecule has 5 atom stereocenters. The van der Waals surface area contributed by atoms with E-state index in [1.807, 2.05) is 0 Å². The molecule has 0 aromatic carbocycles. The highest BCUT2D eigenvalue weighted by Crippen LogP contribution is 2.66. The van der Waals surface area contributed by atoms with Crippen LogP contribution in [0.4, 0.5) is 4.79 Å².